The minimum Gasteiger partial charge on any atom is -0.374 e. The zero-order valence-electron chi connectivity index (χ0n) is 14.9. The first-order valence-corrected chi connectivity index (χ1v) is 8.85. The number of nitrogens with one attached hydrogen (secondary N) is 3. The van der Waals surface area contributed by atoms with Gasteiger partial charge in [0, 0.05) is 28.4 Å². The summed E-state index contributed by atoms with van der Waals surface area (Å²) in [7, 11) is 0. The lowest BCUT2D eigenvalue weighted by atomic mass is 10.1. The minimum absolute atomic E-state index is 0.195. The molecule has 4 aromatic rings. The SMILES string of the molecule is C[C@H](Nc1ccc2ccccc2c1)C(=O)N/N=C\c1c[nH]c2ccccc12. The number of hydrazone groups is 1. The van der Waals surface area contributed by atoms with Crippen molar-refractivity contribution in [2.75, 3.05) is 5.32 Å². The Morgan fingerprint density at radius 2 is 1.81 bits per heavy atom. The molecule has 4 rings (SSSR count). The zero-order chi connectivity index (χ0) is 18.6. The molecule has 3 N–H and O–H groups in total. The zero-order valence-corrected chi connectivity index (χ0v) is 14.9. The second-order valence-electron chi connectivity index (χ2n) is 6.45. The van der Waals surface area contributed by atoms with Crippen LogP contribution in [0.25, 0.3) is 21.7 Å². The number of hydrogen-bond donors (Lipinski definition) is 3. The highest BCUT2D eigenvalue weighted by molar-refractivity contribution is 5.99. The van der Waals surface area contributed by atoms with Crippen molar-refractivity contribution in [1.82, 2.24) is 10.4 Å². The quantitative estimate of drug-likeness (QED) is 0.369. The summed E-state index contributed by atoms with van der Waals surface area (Å²) in [5.74, 6) is -0.195. The molecule has 0 fully saturated rings. The van der Waals surface area contributed by atoms with E-state index >= 15 is 0 Å². The van der Waals surface area contributed by atoms with E-state index in [1.54, 1.807) is 6.21 Å². The molecule has 0 radical (unpaired) electrons. The summed E-state index contributed by atoms with van der Waals surface area (Å²) < 4.78 is 0. The number of anilines is 1. The summed E-state index contributed by atoms with van der Waals surface area (Å²) in [6.45, 7) is 1.81. The van der Waals surface area contributed by atoms with Gasteiger partial charge in [-0.25, -0.2) is 5.43 Å². The van der Waals surface area contributed by atoms with E-state index in [0.717, 1.165) is 27.5 Å². The molecule has 27 heavy (non-hydrogen) atoms. The second kappa shape index (κ2) is 7.33. The number of fused-ring (bicyclic) bond motifs is 2. The lowest BCUT2D eigenvalue weighted by molar-refractivity contribution is -0.121. The standard InChI is InChI=1S/C22H20N4O/c1-15(25-19-11-10-16-6-2-3-7-17(16)12-19)22(27)26-24-14-18-13-23-21-9-5-4-8-20(18)21/h2-15,23,25H,1H3,(H,26,27)/b24-14-/t15-/m0/s1. The highest BCUT2D eigenvalue weighted by Gasteiger charge is 2.12. The average Bonchev–Trinajstić information content (AvgIpc) is 3.11. The maximum atomic E-state index is 12.3. The molecule has 0 spiro atoms. The van der Waals surface area contributed by atoms with E-state index in [2.05, 4.69) is 33.0 Å². The molecule has 1 amide bonds. The molecular formula is C22H20N4O. The van der Waals surface area contributed by atoms with E-state index in [1.165, 1.54) is 5.39 Å². The molecule has 5 nitrogen and oxygen atoms in total. The Labute approximate surface area is 157 Å². The molecule has 134 valence electrons. The molecule has 0 aliphatic carbocycles. The van der Waals surface area contributed by atoms with Crippen molar-refractivity contribution in [2.45, 2.75) is 13.0 Å². The van der Waals surface area contributed by atoms with Crippen LogP contribution < -0.4 is 10.7 Å². The van der Waals surface area contributed by atoms with Gasteiger partial charge in [-0.05, 0) is 35.9 Å². The molecule has 5 heteroatoms. The van der Waals surface area contributed by atoms with Gasteiger partial charge in [-0.3, -0.25) is 4.79 Å². The third-order valence-electron chi connectivity index (χ3n) is 4.53. The third-order valence-corrected chi connectivity index (χ3v) is 4.53. The van der Waals surface area contributed by atoms with Gasteiger partial charge in [0.05, 0.1) is 6.21 Å². The van der Waals surface area contributed by atoms with Crippen LogP contribution in [-0.2, 0) is 4.79 Å². The molecule has 0 aliphatic rings. The number of aromatic nitrogens is 1. The van der Waals surface area contributed by atoms with Gasteiger partial charge in [0.1, 0.15) is 6.04 Å². The Balaban J connectivity index is 1.40. The van der Waals surface area contributed by atoms with Crippen molar-refractivity contribution in [3.63, 3.8) is 0 Å². The van der Waals surface area contributed by atoms with Crippen LogP contribution in [-0.4, -0.2) is 23.1 Å². The van der Waals surface area contributed by atoms with E-state index < -0.39 is 6.04 Å². The van der Waals surface area contributed by atoms with Crippen LogP contribution in [0.4, 0.5) is 5.69 Å². The number of nitrogens with zero attached hydrogens (tertiary/aromatic N) is 1. The van der Waals surface area contributed by atoms with Crippen molar-refractivity contribution < 1.29 is 4.79 Å². The molecule has 1 aromatic heterocycles. The van der Waals surface area contributed by atoms with Crippen molar-refractivity contribution >= 4 is 39.5 Å². The van der Waals surface area contributed by atoms with Crippen LogP contribution in [0, 0.1) is 0 Å². The van der Waals surface area contributed by atoms with Gasteiger partial charge in [-0.1, -0.05) is 48.5 Å². The first kappa shape index (κ1) is 16.8. The summed E-state index contributed by atoms with van der Waals surface area (Å²) in [5.41, 5.74) is 5.47. The molecule has 0 bridgehead atoms. The molecular weight excluding hydrogens is 336 g/mol. The predicted octanol–water partition coefficient (Wildman–Crippen LogP) is 4.27. The molecule has 1 heterocycles. The van der Waals surface area contributed by atoms with Crippen molar-refractivity contribution in [1.29, 1.82) is 0 Å². The topological polar surface area (TPSA) is 69.3 Å². The Kier molecular flexibility index (Phi) is 4.58. The van der Waals surface area contributed by atoms with E-state index in [9.17, 15) is 4.79 Å². The van der Waals surface area contributed by atoms with Crippen LogP contribution in [0.1, 0.15) is 12.5 Å². The predicted molar refractivity (Wildman–Crippen MR) is 111 cm³/mol. The van der Waals surface area contributed by atoms with Gasteiger partial charge in [0.25, 0.3) is 5.91 Å². The number of hydrogen-bond acceptors (Lipinski definition) is 3. The maximum absolute atomic E-state index is 12.3. The highest BCUT2D eigenvalue weighted by Crippen LogP contribution is 2.19. The minimum atomic E-state index is -0.411. The maximum Gasteiger partial charge on any atom is 0.262 e. The van der Waals surface area contributed by atoms with Gasteiger partial charge in [-0.2, -0.15) is 5.10 Å². The number of benzene rings is 3. The van der Waals surface area contributed by atoms with E-state index in [0.29, 0.717) is 0 Å². The van der Waals surface area contributed by atoms with Crippen LogP contribution in [0.2, 0.25) is 0 Å². The number of aromatic amines is 1. The molecule has 0 saturated heterocycles. The Morgan fingerprint density at radius 3 is 2.70 bits per heavy atom. The first-order chi connectivity index (χ1) is 13.2. The average molecular weight is 356 g/mol. The lowest BCUT2D eigenvalue weighted by Gasteiger charge is -2.14. The lowest BCUT2D eigenvalue weighted by Crippen LogP contribution is -2.34. The highest BCUT2D eigenvalue weighted by atomic mass is 16.2. The van der Waals surface area contributed by atoms with Gasteiger partial charge in [0.15, 0.2) is 0 Å². The summed E-state index contributed by atoms with van der Waals surface area (Å²) in [5, 5.41) is 10.7. The van der Waals surface area contributed by atoms with Gasteiger partial charge >= 0.3 is 0 Å². The Hall–Kier alpha value is -3.60. The first-order valence-electron chi connectivity index (χ1n) is 8.85. The molecule has 3 aromatic carbocycles. The van der Waals surface area contributed by atoms with Gasteiger partial charge in [-0.15, -0.1) is 0 Å². The number of rotatable bonds is 5. The Morgan fingerprint density at radius 1 is 1.04 bits per heavy atom. The largest absolute Gasteiger partial charge is 0.374 e. The second-order valence-corrected chi connectivity index (χ2v) is 6.45. The summed E-state index contributed by atoms with van der Waals surface area (Å²) in [6, 6.07) is 21.7. The summed E-state index contributed by atoms with van der Waals surface area (Å²) >= 11 is 0. The van der Waals surface area contributed by atoms with Crippen molar-refractivity contribution in [3.05, 3.63) is 78.5 Å². The third kappa shape index (κ3) is 3.67. The smallest absolute Gasteiger partial charge is 0.262 e. The number of para-hydroxylation sites is 1. The monoisotopic (exact) mass is 356 g/mol. The molecule has 0 saturated carbocycles. The van der Waals surface area contributed by atoms with Crippen LogP contribution >= 0.6 is 0 Å². The normalized spacial score (nSPS) is 12.5. The molecule has 0 unspecified atom stereocenters. The van der Waals surface area contributed by atoms with E-state index in [4.69, 9.17) is 0 Å². The molecule has 0 aliphatic heterocycles. The van der Waals surface area contributed by atoms with Gasteiger partial charge < -0.3 is 10.3 Å². The Bertz CT molecular complexity index is 1130. The van der Waals surface area contributed by atoms with Crippen LogP contribution in [0.3, 0.4) is 0 Å². The van der Waals surface area contributed by atoms with Crippen LogP contribution in [0.15, 0.2) is 78.0 Å². The van der Waals surface area contributed by atoms with Crippen LogP contribution in [0.5, 0.6) is 0 Å². The van der Waals surface area contributed by atoms with Crippen molar-refractivity contribution in [3.8, 4) is 0 Å². The fourth-order valence-electron chi connectivity index (χ4n) is 3.06. The summed E-state index contributed by atoms with van der Waals surface area (Å²) in [6.07, 6.45) is 3.52. The van der Waals surface area contributed by atoms with Crippen molar-refractivity contribution in [2.24, 2.45) is 5.10 Å². The fourth-order valence-corrected chi connectivity index (χ4v) is 3.06. The number of amides is 1. The fraction of sp³-hybridized carbons (Fsp3) is 0.0909. The van der Waals surface area contributed by atoms with Gasteiger partial charge in [0.2, 0.25) is 0 Å². The van der Waals surface area contributed by atoms with E-state index in [1.807, 2.05) is 67.7 Å². The summed E-state index contributed by atoms with van der Waals surface area (Å²) in [4.78, 5) is 15.5. The number of H-pyrrole nitrogens is 1. The molecule has 1 atom stereocenters. The number of carbonyl (C=O) groups excluding carboxylic acids is 1. The van der Waals surface area contributed by atoms with E-state index in [-0.39, 0.29) is 5.91 Å². The number of carbonyl (C=O) groups is 1.